The Morgan fingerprint density at radius 3 is 3.33 bits per heavy atom. The third-order valence-electron chi connectivity index (χ3n) is 2.53. The molecular formula is C13H14N2O2S. The summed E-state index contributed by atoms with van der Waals surface area (Å²) in [7, 11) is 0. The van der Waals surface area contributed by atoms with Gasteiger partial charge in [-0.15, -0.1) is 6.42 Å². The van der Waals surface area contributed by atoms with E-state index in [1.54, 1.807) is 18.3 Å². The summed E-state index contributed by atoms with van der Waals surface area (Å²) in [6.07, 6.45) is 7.87. The smallest absolute Gasteiger partial charge is 0.257 e. The Balaban J connectivity index is 2.09. The number of carbonyl (C=O) groups is 1. The maximum Gasteiger partial charge on any atom is 0.257 e. The van der Waals surface area contributed by atoms with E-state index in [-0.39, 0.29) is 18.6 Å². The van der Waals surface area contributed by atoms with E-state index in [4.69, 9.17) is 11.2 Å². The Morgan fingerprint density at radius 2 is 2.61 bits per heavy atom. The fourth-order valence-electron chi connectivity index (χ4n) is 1.65. The molecule has 1 aromatic rings. The number of rotatable bonds is 4. The minimum atomic E-state index is -0.248. The summed E-state index contributed by atoms with van der Waals surface area (Å²) in [4.78, 5) is 16.0. The Bertz CT molecular complexity index is 464. The van der Waals surface area contributed by atoms with Crippen LogP contribution in [-0.2, 0) is 0 Å². The van der Waals surface area contributed by atoms with E-state index >= 15 is 0 Å². The molecule has 0 aliphatic carbocycles. The number of ether oxygens (including phenoxy) is 1. The fraction of sp³-hybridized carbons (Fsp3) is 0.385. The lowest BCUT2D eigenvalue weighted by Crippen LogP contribution is -2.25. The SMILES string of the molecule is C#CCNC(=O)c1cccnc1O[C@@H]1CCSC1. The normalized spacial score (nSPS) is 18.1. The molecule has 1 saturated heterocycles. The average Bonchev–Trinajstić information content (AvgIpc) is 2.89. The van der Waals surface area contributed by atoms with Gasteiger partial charge in [-0.25, -0.2) is 4.98 Å². The number of amides is 1. The summed E-state index contributed by atoms with van der Waals surface area (Å²) in [5.41, 5.74) is 0.435. The molecule has 18 heavy (non-hydrogen) atoms. The van der Waals surface area contributed by atoms with Gasteiger partial charge < -0.3 is 10.1 Å². The highest BCUT2D eigenvalue weighted by atomic mass is 32.2. The first-order valence-electron chi connectivity index (χ1n) is 5.72. The van der Waals surface area contributed by atoms with Crippen LogP contribution in [0, 0.1) is 12.3 Å². The topological polar surface area (TPSA) is 51.2 Å². The van der Waals surface area contributed by atoms with Crippen molar-refractivity contribution in [2.24, 2.45) is 0 Å². The van der Waals surface area contributed by atoms with Gasteiger partial charge in [0.2, 0.25) is 5.88 Å². The highest BCUT2D eigenvalue weighted by molar-refractivity contribution is 7.99. The molecule has 0 spiro atoms. The second-order valence-corrected chi connectivity index (χ2v) is 5.00. The van der Waals surface area contributed by atoms with Crippen LogP contribution in [0.3, 0.4) is 0 Å². The van der Waals surface area contributed by atoms with Crippen LogP contribution in [0.1, 0.15) is 16.8 Å². The van der Waals surface area contributed by atoms with E-state index in [0.29, 0.717) is 11.4 Å². The van der Waals surface area contributed by atoms with Gasteiger partial charge in [-0.05, 0) is 24.3 Å². The Labute approximate surface area is 111 Å². The van der Waals surface area contributed by atoms with Crippen molar-refractivity contribution in [1.82, 2.24) is 10.3 Å². The fourth-order valence-corrected chi connectivity index (χ4v) is 2.74. The molecule has 2 heterocycles. The molecule has 1 aromatic heterocycles. The van der Waals surface area contributed by atoms with E-state index in [2.05, 4.69) is 16.2 Å². The number of pyridine rings is 1. The van der Waals surface area contributed by atoms with Crippen LogP contribution in [-0.4, -0.2) is 35.0 Å². The third-order valence-corrected chi connectivity index (χ3v) is 3.66. The van der Waals surface area contributed by atoms with E-state index in [1.807, 2.05) is 11.8 Å². The molecule has 1 fully saturated rings. The summed E-state index contributed by atoms with van der Waals surface area (Å²) in [6, 6.07) is 3.40. The van der Waals surface area contributed by atoms with E-state index < -0.39 is 0 Å². The predicted octanol–water partition coefficient (Wildman–Crippen LogP) is 1.33. The van der Waals surface area contributed by atoms with E-state index in [0.717, 1.165) is 17.9 Å². The van der Waals surface area contributed by atoms with Crippen LogP contribution in [0.25, 0.3) is 0 Å². The minimum absolute atomic E-state index is 0.143. The van der Waals surface area contributed by atoms with Crippen LogP contribution in [0.2, 0.25) is 0 Å². The van der Waals surface area contributed by atoms with Gasteiger partial charge >= 0.3 is 0 Å². The van der Waals surface area contributed by atoms with Crippen molar-refractivity contribution in [2.75, 3.05) is 18.1 Å². The molecule has 1 aliphatic heterocycles. The molecular weight excluding hydrogens is 248 g/mol. The van der Waals surface area contributed by atoms with Crippen LogP contribution in [0.15, 0.2) is 18.3 Å². The van der Waals surface area contributed by atoms with Crippen molar-refractivity contribution in [2.45, 2.75) is 12.5 Å². The third kappa shape index (κ3) is 3.17. The molecule has 5 heteroatoms. The van der Waals surface area contributed by atoms with Gasteiger partial charge in [0.1, 0.15) is 11.7 Å². The summed E-state index contributed by atoms with van der Waals surface area (Å²) in [5, 5.41) is 2.61. The molecule has 0 aromatic carbocycles. The summed E-state index contributed by atoms with van der Waals surface area (Å²) >= 11 is 1.85. The first kappa shape index (κ1) is 12.8. The van der Waals surface area contributed by atoms with Gasteiger partial charge in [0.25, 0.3) is 5.91 Å². The highest BCUT2D eigenvalue weighted by Crippen LogP contribution is 2.23. The minimum Gasteiger partial charge on any atom is -0.473 e. The molecule has 0 unspecified atom stereocenters. The van der Waals surface area contributed by atoms with Crippen molar-refractivity contribution >= 4 is 17.7 Å². The summed E-state index contributed by atoms with van der Waals surface area (Å²) < 4.78 is 5.76. The maximum atomic E-state index is 11.9. The highest BCUT2D eigenvalue weighted by Gasteiger charge is 2.21. The number of hydrogen-bond donors (Lipinski definition) is 1. The Hall–Kier alpha value is -1.67. The molecule has 1 amide bonds. The van der Waals surface area contributed by atoms with Crippen molar-refractivity contribution in [3.63, 3.8) is 0 Å². The molecule has 1 N–H and O–H groups in total. The molecule has 2 rings (SSSR count). The molecule has 94 valence electrons. The van der Waals surface area contributed by atoms with Gasteiger partial charge in [0, 0.05) is 11.9 Å². The Morgan fingerprint density at radius 1 is 1.72 bits per heavy atom. The molecule has 0 bridgehead atoms. The van der Waals surface area contributed by atoms with Crippen LogP contribution in [0.5, 0.6) is 5.88 Å². The zero-order chi connectivity index (χ0) is 12.8. The van der Waals surface area contributed by atoms with Gasteiger partial charge in [-0.3, -0.25) is 4.79 Å². The summed E-state index contributed by atoms with van der Waals surface area (Å²) in [6.45, 7) is 0.201. The number of thioether (sulfide) groups is 1. The van der Waals surface area contributed by atoms with Crippen LogP contribution in [0.4, 0.5) is 0 Å². The second-order valence-electron chi connectivity index (χ2n) is 3.85. The van der Waals surface area contributed by atoms with Crippen LogP contribution < -0.4 is 10.1 Å². The zero-order valence-electron chi connectivity index (χ0n) is 9.89. The maximum absolute atomic E-state index is 11.9. The van der Waals surface area contributed by atoms with Crippen molar-refractivity contribution in [3.8, 4) is 18.2 Å². The molecule has 1 aliphatic rings. The number of hydrogen-bond acceptors (Lipinski definition) is 4. The van der Waals surface area contributed by atoms with Gasteiger partial charge in [0.05, 0.1) is 6.54 Å². The molecule has 0 saturated carbocycles. The largest absolute Gasteiger partial charge is 0.473 e. The van der Waals surface area contributed by atoms with Crippen molar-refractivity contribution in [3.05, 3.63) is 23.9 Å². The first-order valence-corrected chi connectivity index (χ1v) is 6.88. The quantitative estimate of drug-likeness (QED) is 0.832. The van der Waals surface area contributed by atoms with Crippen LogP contribution >= 0.6 is 11.8 Å². The average molecular weight is 262 g/mol. The number of nitrogens with zero attached hydrogens (tertiary/aromatic N) is 1. The monoisotopic (exact) mass is 262 g/mol. The first-order chi connectivity index (χ1) is 8.81. The molecule has 0 radical (unpaired) electrons. The van der Waals surface area contributed by atoms with Gasteiger partial charge in [0.15, 0.2) is 0 Å². The van der Waals surface area contributed by atoms with Gasteiger partial charge in [-0.1, -0.05) is 5.92 Å². The lowest BCUT2D eigenvalue weighted by atomic mass is 10.2. The van der Waals surface area contributed by atoms with E-state index in [1.165, 1.54) is 0 Å². The lowest BCUT2D eigenvalue weighted by molar-refractivity contribution is 0.0951. The number of aromatic nitrogens is 1. The number of terminal acetylenes is 1. The van der Waals surface area contributed by atoms with E-state index in [9.17, 15) is 4.79 Å². The van der Waals surface area contributed by atoms with Crippen molar-refractivity contribution < 1.29 is 9.53 Å². The standard InChI is InChI=1S/C13H14N2O2S/c1-2-6-14-12(16)11-4-3-7-15-13(11)17-10-5-8-18-9-10/h1,3-4,7,10H,5-6,8-9H2,(H,14,16)/t10-/m1/s1. The predicted molar refractivity (Wildman–Crippen MR) is 71.8 cm³/mol. The second kappa shape index (κ2) is 6.31. The number of nitrogens with one attached hydrogen (secondary N) is 1. The van der Waals surface area contributed by atoms with Gasteiger partial charge in [-0.2, -0.15) is 11.8 Å². The Kier molecular flexibility index (Phi) is 4.48. The number of carbonyl (C=O) groups excluding carboxylic acids is 1. The zero-order valence-corrected chi connectivity index (χ0v) is 10.7. The lowest BCUT2D eigenvalue weighted by Gasteiger charge is -2.14. The van der Waals surface area contributed by atoms with Crippen molar-refractivity contribution in [1.29, 1.82) is 0 Å². The molecule has 4 nitrogen and oxygen atoms in total. The summed E-state index contributed by atoms with van der Waals surface area (Å²) in [5.74, 6) is 4.54. The molecule has 1 atom stereocenters.